The van der Waals surface area contributed by atoms with Gasteiger partial charge in [-0.2, -0.15) is 0 Å². The highest BCUT2D eigenvalue weighted by Crippen LogP contribution is 2.16. The lowest BCUT2D eigenvalue weighted by Crippen LogP contribution is -2.49. The zero-order valence-corrected chi connectivity index (χ0v) is 17.2. The molecule has 0 aromatic rings. The fourth-order valence-corrected chi connectivity index (χ4v) is 2.98. The van der Waals surface area contributed by atoms with Crippen molar-refractivity contribution in [2.45, 2.75) is 53.0 Å². The Bertz CT molecular complexity index is 500. The van der Waals surface area contributed by atoms with Gasteiger partial charge in [-0.15, -0.1) is 0 Å². The minimum absolute atomic E-state index is 0.0100. The van der Waals surface area contributed by atoms with Crippen molar-refractivity contribution in [3.8, 4) is 0 Å². The van der Waals surface area contributed by atoms with E-state index in [2.05, 4.69) is 15.5 Å². The van der Waals surface area contributed by atoms with Crippen LogP contribution in [0.1, 0.15) is 47.5 Å². The van der Waals surface area contributed by atoms with Crippen molar-refractivity contribution in [2.75, 3.05) is 39.8 Å². The Kier molecular flexibility index (Phi) is 8.53. The zero-order chi connectivity index (χ0) is 19.9. The third-order valence-electron chi connectivity index (χ3n) is 4.37. The van der Waals surface area contributed by atoms with Crippen molar-refractivity contribution in [1.29, 1.82) is 0 Å². The van der Waals surface area contributed by atoms with Crippen LogP contribution < -0.4 is 10.6 Å². The average Bonchev–Trinajstić information content (AvgIpc) is 2.50. The first-order valence-electron chi connectivity index (χ1n) is 9.53. The monoisotopic (exact) mass is 368 g/mol. The molecule has 0 radical (unpaired) electrons. The van der Waals surface area contributed by atoms with Gasteiger partial charge in [0, 0.05) is 31.6 Å². The summed E-state index contributed by atoms with van der Waals surface area (Å²) in [5.74, 6) is 0.225. The molecule has 1 rings (SSSR count). The van der Waals surface area contributed by atoms with Crippen LogP contribution in [0.25, 0.3) is 0 Å². The van der Waals surface area contributed by atoms with E-state index in [0.29, 0.717) is 19.0 Å². The van der Waals surface area contributed by atoms with E-state index in [1.54, 1.807) is 7.05 Å². The molecule has 0 aromatic heterocycles. The molecule has 150 valence electrons. The Morgan fingerprint density at radius 2 is 1.88 bits per heavy atom. The van der Waals surface area contributed by atoms with Gasteiger partial charge in [-0.05, 0) is 46.1 Å². The summed E-state index contributed by atoms with van der Waals surface area (Å²) in [7, 11) is 1.66. The molecule has 0 aromatic carbocycles. The lowest BCUT2D eigenvalue weighted by molar-refractivity contribution is -0.136. The van der Waals surface area contributed by atoms with Gasteiger partial charge in [0.05, 0.1) is 13.1 Å². The second-order valence-electron chi connectivity index (χ2n) is 8.69. The number of likely N-dealkylation sites (N-methyl/N-ethyl adjacent to an activating group) is 1. The third-order valence-corrected chi connectivity index (χ3v) is 4.37. The van der Waals surface area contributed by atoms with Crippen LogP contribution in [0.5, 0.6) is 0 Å². The Hall–Kier alpha value is -1.63. The number of likely N-dealkylation sites (tertiary alicyclic amines) is 1. The molecular weight excluding hydrogens is 332 g/mol. The van der Waals surface area contributed by atoms with E-state index < -0.39 is 0 Å². The van der Waals surface area contributed by atoms with E-state index in [1.165, 1.54) is 4.90 Å². The number of nitrogens with zero attached hydrogens (tertiary/aromatic N) is 2. The molecule has 2 N–H and O–H groups in total. The molecule has 7 nitrogen and oxygen atoms in total. The molecule has 1 aliphatic rings. The summed E-state index contributed by atoms with van der Waals surface area (Å²) in [5.41, 5.74) is -0.304. The van der Waals surface area contributed by atoms with Crippen LogP contribution in [0.15, 0.2) is 0 Å². The average molecular weight is 369 g/mol. The first-order valence-corrected chi connectivity index (χ1v) is 9.53. The number of amides is 3. The summed E-state index contributed by atoms with van der Waals surface area (Å²) in [6, 6.07) is 0. The van der Waals surface area contributed by atoms with Crippen molar-refractivity contribution in [1.82, 2.24) is 20.4 Å². The van der Waals surface area contributed by atoms with Gasteiger partial charge in [0.2, 0.25) is 17.7 Å². The standard InChI is InChI=1S/C19H36N4O3/c1-14(2)18(26)20-10-15-8-7-9-23(11-15)13-17(25)22(6)12-16(24)21-19(3,4)5/h14-15H,7-13H2,1-6H3,(H,20,26)(H,21,24). The van der Waals surface area contributed by atoms with Crippen molar-refractivity contribution in [2.24, 2.45) is 11.8 Å². The molecule has 0 spiro atoms. The first-order chi connectivity index (χ1) is 12.0. The molecule has 1 saturated heterocycles. The molecule has 0 bridgehead atoms. The molecule has 7 heteroatoms. The molecule has 0 aliphatic carbocycles. The van der Waals surface area contributed by atoms with E-state index in [-0.39, 0.29) is 35.7 Å². The normalized spacial score (nSPS) is 18.5. The predicted octanol–water partition coefficient (Wildman–Crippen LogP) is 0.844. The minimum Gasteiger partial charge on any atom is -0.356 e. The van der Waals surface area contributed by atoms with Crippen LogP contribution in [-0.4, -0.2) is 72.8 Å². The number of rotatable bonds is 7. The zero-order valence-electron chi connectivity index (χ0n) is 17.2. The Morgan fingerprint density at radius 3 is 2.46 bits per heavy atom. The van der Waals surface area contributed by atoms with Gasteiger partial charge in [-0.1, -0.05) is 13.8 Å². The number of hydrogen-bond donors (Lipinski definition) is 2. The summed E-state index contributed by atoms with van der Waals surface area (Å²) in [5, 5.41) is 5.85. The van der Waals surface area contributed by atoms with Crippen molar-refractivity contribution < 1.29 is 14.4 Å². The summed E-state index contributed by atoms with van der Waals surface area (Å²) in [6.07, 6.45) is 2.08. The van der Waals surface area contributed by atoms with E-state index in [0.717, 1.165) is 25.9 Å². The summed E-state index contributed by atoms with van der Waals surface area (Å²) in [4.78, 5) is 39.7. The molecule has 3 amide bonds. The topological polar surface area (TPSA) is 81.8 Å². The van der Waals surface area contributed by atoms with Crippen LogP contribution in [0, 0.1) is 11.8 Å². The predicted molar refractivity (Wildman–Crippen MR) is 103 cm³/mol. The highest BCUT2D eigenvalue weighted by molar-refractivity contribution is 5.85. The van der Waals surface area contributed by atoms with Crippen molar-refractivity contribution >= 4 is 17.7 Å². The molecule has 1 fully saturated rings. The smallest absolute Gasteiger partial charge is 0.240 e. The first kappa shape index (κ1) is 22.4. The maximum absolute atomic E-state index is 12.4. The van der Waals surface area contributed by atoms with E-state index in [1.807, 2.05) is 34.6 Å². The van der Waals surface area contributed by atoms with Gasteiger partial charge < -0.3 is 15.5 Å². The molecule has 26 heavy (non-hydrogen) atoms. The highest BCUT2D eigenvalue weighted by Gasteiger charge is 2.24. The maximum Gasteiger partial charge on any atom is 0.240 e. The summed E-state index contributed by atoms with van der Waals surface area (Å²) >= 11 is 0. The number of hydrogen-bond acceptors (Lipinski definition) is 4. The lowest BCUT2D eigenvalue weighted by atomic mass is 9.97. The van der Waals surface area contributed by atoms with Gasteiger partial charge in [0.15, 0.2) is 0 Å². The number of carbonyl (C=O) groups is 3. The van der Waals surface area contributed by atoms with Crippen LogP contribution in [-0.2, 0) is 14.4 Å². The molecular formula is C19H36N4O3. The largest absolute Gasteiger partial charge is 0.356 e. The van der Waals surface area contributed by atoms with Gasteiger partial charge in [-0.25, -0.2) is 0 Å². The van der Waals surface area contributed by atoms with Crippen LogP contribution in [0.4, 0.5) is 0 Å². The molecule has 1 heterocycles. The third kappa shape index (κ3) is 8.65. The maximum atomic E-state index is 12.4. The second kappa shape index (κ2) is 9.90. The van der Waals surface area contributed by atoms with Crippen molar-refractivity contribution in [3.63, 3.8) is 0 Å². The van der Waals surface area contributed by atoms with Crippen molar-refractivity contribution in [3.05, 3.63) is 0 Å². The molecule has 1 atom stereocenters. The number of carbonyl (C=O) groups excluding carboxylic acids is 3. The quantitative estimate of drug-likeness (QED) is 0.698. The van der Waals surface area contributed by atoms with E-state index >= 15 is 0 Å². The SMILES string of the molecule is CC(C)C(=O)NCC1CCCN(CC(=O)N(C)CC(=O)NC(C)(C)C)C1. The minimum atomic E-state index is -0.304. The van der Waals surface area contributed by atoms with Crippen LogP contribution >= 0.6 is 0 Å². The Labute approximate surface area is 157 Å². The molecule has 0 saturated carbocycles. The van der Waals surface area contributed by atoms with Gasteiger partial charge >= 0.3 is 0 Å². The Morgan fingerprint density at radius 1 is 1.23 bits per heavy atom. The van der Waals surface area contributed by atoms with Gasteiger partial charge in [0.1, 0.15) is 0 Å². The highest BCUT2D eigenvalue weighted by atomic mass is 16.2. The fraction of sp³-hybridized carbons (Fsp3) is 0.842. The summed E-state index contributed by atoms with van der Waals surface area (Å²) < 4.78 is 0. The van der Waals surface area contributed by atoms with Gasteiger partial charge in [-0.3, -0.25) is 19.3 Å². The number of nitrogens with one attached hydrogen (secondary N) is 2. The lowest BCUT2D eigenvalue weighted by Gasteiger charge is -2.33. The summed E-state index contributed by atoms with van der Waals surface area (Å²) in [6.45, 7) is 12.2. The van der Waals surface area contributed by atoms with Crippen LogP contribution in [0.3, 0.4) is 0 Å². The Balaban J connectivity index is 2.40. The van der Waals surface area contributed by atoms with E-state index in [9.17, 15) is 14.4 Å². The second-order valence-corrected chi connectivity index (χ2v) is 8.69. The fourth-order valence-electron chi connectivity index (χ4n) is 2.98. The van der Waals surface area contributed by atoms with Gasteiger partial charge in [0.25, 0.3) is 0 Å². The number of piperidine rings is 1. The molecule has 1 unspecified atom stereocenters. The van der Waals surface area contributed by atoms with E-state index in [4.69, 9.17) is 0 Å². The molecule has 1 aliphatic heterocycles. The van der Waals surface area contributed by atoms with Crippen LogP contribution in [0.2, 0.25) is 0 Å².